The van der Waals surface area contributed by atoms with E-state index in [-0.39, 0.29) is 11.5 Å². The minimum Gasteiger partial charge on any atom is -0.493 e. The van der Waals surface area contributed by atoms with E-state index in [1.165, 1.54) is 17.8 Å². The van der Waals surface area contributed by atoms with Gasteiger partial charge in [-0.05, 0) is 46.0 Å². The Balaban J connectivity index is 1.26. The van der Waals surface area contributed by atoms with Crippen LogP contribution >= 0.6 is 11.8 Å². The Hall–Kier alpha value is -2.53. The van der Waals surface area contributed by atoms with Crippen LogP contribution in [0.2, 0.25) is 0 Å². The lowest BCUT2D eigenvalue weighted by Gasteiger charge is -2.37. The molecular weight excluding hydrogens is 584 g/mol. The van der Waals surface area contributed by atoms with Gasteiger partial charge in [0.2, 0.25) is 0 Å². The van der Waals surface area contributed by atoms with Crippen LogP contribution < -0.4 is 21.4 Å². The van der Waals surface area contributed by atoms with Crippen LogP contribution in [0.25, 0.3) is 0 Å². The van der Waals surface area contributed by atoms with Gasteiger partial charge in [0, 0.05) is 11.8 Å². The second-order valence-electron chi connectivity index (χ2n) is 11.8. The third-order valence-corrected chi connectivity index (χ3v) is 8.78. The highest BCUT2D eigenvalue weighted by molar-refractivity contribution is 8.16. The molecule has 238 valence electrons. The van der Waals surface area contributed by atoms with E-state index < -0.39 is 66.3 Å². The summed E-state index contributed by atoms with van der Waals surface area (Å²) < 4.78 is 28.5. The number of amides is 1. The molecule has 1 aromatic heterocycles. The second-order valence-corrected chi connectivity index (χ2v) is 12.7. The third kappa shape index (κ3) is 7.41. The lowest BCUT2D eigenvalue weighted by atomic mass is 9.99. The SMILES string of the molecule is CCC[C@@H](NC(=O)[C@]1(N)CSC(/C(C)=N/O[C@H]2O[C@H](CO)[C@@H](O)[C@@H]3OC(C)(C)O[C@H]23)=N1)c1cc(OCC2CC2)cc(=O)o1. The molecule has 15 heteroatoms. The van der Waals surface area contributed by atoms with Crippen LogP contribution in [0.3, 0.4) is 0 Å². The molecule has 14 nitrogen and oxygen atoms in total. The molecule has 4 heterocycles. The number of ether oxygens (including phenoxy) is 4. The minimum absolute atomic E-state index is 0.142. The number of nitrogens with two attached hydrogens (primary N) is 1. The Morgan fingerprint density at radius 3 is 2.74 bits per heavy atom. The number of hydrogen-bond acceptors (Lipinski definition) is 14. The first-order chi connectivity index (χ1) is 20.4. The van der Waals surface area contributed by atoms with E-state index in [4.69, 9.17) is 33.9 Å². The number of hydrogen-bond donors (Lipinski definition) is 4. The van der Waals surface area contributed by atoms with Gasteiger partial charge in [0.25, 0.3) is 12.2 Å². The van der Waals surface area contributed by atoms with Crippen LogP contribution in [0.5, 0.6) is 5.75 Å². The number of carbonyl (C=O) groups is 1. The number of carbonyl (C=O) groups excluding carboxylic acids is 1. The average Bonchev–Trinajstić information content (AvgIpc) is 3.61. The molecule has 7 atom stereocenters. The Morgan fingerprint density at radius 2 is 2.05 bits per heavy atom. The Bertz CT molecular complexity index is 1300. The molecule has 0 radical (unpaired) electrons. The summed E-state index contributed by atoms with van der Waals surface area (Å²) >= 11 is 1.24. The van der Waals surface area contributed by atoms with E-state index in [2.05, 4.69) is 15.5 Å². The second kappa shape index (κ2) is 12.8. The molecule has 3 aliphatic heterocycles. The van der Waals surface area contributed by atoms with Crippen molar-refractivity contribution in [3.8, 4) is 5.75 Å². The lowest BCUT2D eigenvalue weighted by Crippen LogP contribution is -2.57. The van der Waals surface area contributed by atoms with Crippen molar-refractivity contribution in [1.82, 2.24) is 5.32 Å². The van der Waals surface area contributed by atoms with Gasteiger partial charge in [-0.1, -0.05) is 18.5 Å². The molecule has 0 aromatic carbocycles. The summed E-state index contributed by atoms with van der Waals surface area (Å²) in [5.74, 6) is -0.180. The minimum atomic E-state index is -1.60. The number of nitrogens with zero attached hydrogens (tertiary/aromatic N) is 2. The van der Waals surface area contributed by atoms with E-state index in [0.29, 0.717) is 41.9 Å². The van der Waals surface area contributed by atoms with Gasteiger partial charge in [0.1, 0.15) is 40.6 Å². The molecule has 43 heavy (non-hydrogen) atoms. The zero-order chi connectivity index (χ0) is 30.9. The van der Waals surface area contributed by atoms with Crippen molar-refractivity contribution in [3.05, 3.63) is 28.3 Å². The zero-order valence-corrected chi connectivity index (χ0v) is 25.5. The average molecular weight is 625 g/mol. The molecule has 2 saturated heterocycles. The van der Waals surface area contributed by atoms with Crippen LogP contribution in [0.1, 0.15) is 65.2 Å². The first kappa shape index (κ1) is 31.9. The molecule has 1 amide bonds. The maximum absolute atomic E-state index is 13.4. The van der Waals surface area contributed by atoms with E-state index in [9.17, 15) is 19.8 Å². The number of nitrogens with one attached hydrogen (secondary N) is 1. The van der Waals surface area contributed by atoms with Crippen molar-refractivity contribution < 1.29 is 43.2 Å². The molecule has 4 aliphatic rings. The highest BCUT2D eigenvalue weighted by Crippen LogP contribution is 2.38. The molecule has 0 bridgehead atoms. The smallest absolute Gasteiger partial charge is 0.339 e. The van der Waals surface area contributed by atoms with Crippen LogP contribution in [-0.4, -0.2) is 88.0 Å². The quantitative estimate of drug-likeness (QED) is 0.192. The highest BCUT2D eigenvalue weighted by Gasteiger charge is 2.56. The summed E-state index contributed by atoms with van der Waals surface area (Å²) in [5.41, 5.74) is 4.62. The monoisotopic (exact) mass is 624 g/mol. The van der Waals surface area contributed by atoms with Gasteiger partial charge < -0.3 is 43.7 Å². The van der Waals surface area contributed by atoms with Gasteiger partial charge in [-0.2, -0.15) is 0 Å². The zero-order valence-electron chi connectivity index (χ0n) is 24.7. The molecule has 1 saturated carbocycles. The van der Waals surface area contributed by atoms with Crippen LogP contribution in [0.15, 0.2) is 31.5 Å². The number of thioether (sulfide) groups is 1. The molecule has 5 N–H and O–H groups in total. The van der Waals surface area contributed by atoms with Gasteiger partial charge in [-0.15, -0.1) is 11.8 Å². The largest absolute Gasteiger partial charge is 0.493 e. The number of fused-ring (bicyclic) bond motifs is 1. The van der Waals surface area contributed by atoms with Crippen molar-refractivity contribution in [2.75, 3.05) is 19.0 Å². The number of aliphatic hydroxyl groups is 2. The van der Waals surface area contributed by atoms with Gasteiger partial charge in [0.15, 0.2) is 17.6 Å². The first-order valence-electron chi connectivity index (χ1n) is 14.5. The molecule has 1 aromatic rings. The highest BCUT2D eigenvalue weighted by atomic mass is 32.2. The molecule has 0 spiro atoms. The predicted molar refractivity (Wildman–Crippen MR) is 156 cm³/mol. The van der Waals surface area contributed by atoms with Crippen LogP contribution in [0.4, 0.5) is 0 Å². The Morgan fingerprint density at radius 1 is 1.30 bits per heavy atom. The van der Waals surface area contributed by atoms with Crippen LogP contribution in [0, 0.1) is 5.92 Å². The molecule has 3 fully saturated rings. The fraction of sp³-hybridized carbons (Fsp3) is 0.714. The number of oxime groups is 1. The lowest BCUT2D eigenvalue weighted by molar-refractivity contribution is -0.280. The third-order valence-electron chi connectivity index (χ3n) is 7.54. The maximum Gasteiger partial charge on any atom is 0.339 e. The summed E-state index contributed by atoms with van der Waals surface area (Å²) in [7, 11) is 0. The molecule has 5 rings (SSSR count). The number of rotatable bonds is 12. The fourth-order valence-electron chi connectivity index (χ4n) is 5.05. The van der Waals surface area contributed by atoms with Crippen molar-refractivity contribution in [3.63, 3.8) is 0 Å². The Kier molecular flexibility index (Phi) is 9.51. The van der Waals surface area contributed by atoms with Gasteiger partial charge in [0.05, 0.1) is 25.3 Å². The molecule has 1 aliphatic carbocycles. The first-order valence-corrected chi connectivity index (χ1v) is 15.5. The van der Waals surface area contributed by atoms with Gasteiger partial charge in [-0.25, -0.2) is 9.79 Å². The topological polar surface area (TPSA) is 197 Å². The van der Waals surface area contributed by atoms with Crippen molar-refractivity contribution >= 4 is 28.4 Å². The summed E-state index contributed by atoms with van der Waals surface area (Å²) in [4.78, 5) is 35.7. The van der Waals surface area contributed by atoms with E-state index in [1.54, 1.807) is 26.8 Å². The molecular formula is C28H40N4O10S. The summed E-state index contributed by atoms with van der Waals surface area (Å²) in [6.07, 6.45) is -1.29. The van der Waals surface area contributed by atoms with Gasteiger partial charge >= 0.3 is 5.63 Å². The molecule has 0 unspecified atom stereocenters. The van der Waals surface area contributed by atoms with E-state index >= 15 is 0 Å². The fourth-order valence-corrected chi connectivity index (χ4v) is 6.08. The predicted octanol–water partition coefficient (Wildman–Crippen LogP) is 1.18. The summed E-state index contributed by atoms with van der Waals surface area (Å²) in [6.45, 7) is 7.08. The van der Waals surface area contributed by atoms with Crippen molar-refractivity contribution in [2.24, 2.45) is 21.8 Å². The Labute approximate surface area is 253 Å². The number of aliphatic imine (C=N–C) groups is 1. The standard InChI is InChI=1S/C28H40N4O10S/c1-5-6-17(18-9-16(10-20(34)38-18)37-12-15-7-8-15)30-26(36)28(29)13-43-24(31-28)14(2)32-42-25-23-22(40-27(3,4)41-23)21(35)19(11-33)39-25/h9-10,15,17,19,21-23,25,33,35H,5-8,11-13,29H2,1-4H3,(H,30,36)/b32-14+/t17-,19-,21-,22+,23+,25-,28+/m1/s1. The van der Waals surface area contributed by atoms with E-state index in [0.717, 1.165) is 12.8 Å². The normalized spacial score (nSPS) is 32.6. The van der Waals surface area contributed by atoms with Gasteiger partial charge in [-0.3, -0.25) is 10.5 Å². The summed E-state index contributed by atoms with van der Waals surface area (Å²) in [5, 5.41) is 27.6. The van der Waals surface area contributed by atoms with E-state index in [1.807, 2.05) is 6.92 Å². The van der Waals surface area contributed by atoms with Crippen molar-refractivity contribution in [1.29, 1.82) is 0 Å². The summed E-state index contributed by atoms with van der Waals surface area (Å²) in [6, 6.07) is 2.33. The van der Waals surface area contributed by atoms with Crippen LogP contribution in [-0.2, 0) is 23.8 Å². The van der Waals surface area contributed by atoms with Crippen molar-refractivity contribution in [2.45, 2.75) is 102 Å². The number of aliphatic hydroxyl groups excluding tert-OH is 2. The maximum atomic E-state index is 13.4.